The third-order valence-corrected chi connectivity index (χ3v) is 3.33. The van der Waals surface area contributed by atoms with Crippen molar-refractivity contribution >= 4 is 17.9 Å². The first kappa shape index (κ1) is 17.7. The van der Waals surface area contributed by atoms with Crippen molar-refractivity contribution in [1.82, 2.24) is 0 Å². The second-order valence-electron chi connectivity index (χ2n) is 5.22. The normalized spacial score (nSPS) is 22.2. The summed E-state index contributed by atoms with van der Waals surface area (Å²) in [5, 5.41) is 0. The van der Waals surface area contributed by atoms with Crippen LogP contribution in [0.1, 0.15) is 25.6 Å². The van der Waals surface area contributed by atoms with Crippen molar-refractivity contribution in [3.63, 3.8) is 0 Å². The van der Waals surface area contributed by atoms with E-state index in [1.54, 1.807) is 18.2 Å². The fraction of sp³-hybridized carbons (Fsp3) is 0.353. The number of ether oxygens (including phenoxy) is 3. The van der Waals surface area contributed by atoms with Crippen LogP contribution in [0, 0.1) is 0 Å². The van der Waals surface area contributed by atoms with E-state index < -0.39 is 42.4 Å². The van der Waals surface area contributed by atoms with E-state index in [4.69, 9.17) is 14.2 Å². The van der Waals surface area contributed by atoms with Gasteiger partial charge in [-0.15, -0.1) is 0 Å². The highest BCUT2D eigenvalue weighted by molar-refractivity contribution is 5.83. The maximum atomic E-state index is 14.9. The summed E-state index contributed by atoms with van der Waals surface area (Å²) in [6.07, 6.45) is -3.20. The van der Waals surface area contributed by atoms with Crippen molar-refractivity contribution < 1.29 is 33.0 Å². The molecule has 1 heterocycles. The summed E-state index contributed by atoms with van der Waals surface area (Å²) >= 11 is 0. The predicted molar refractivity (Wildman–Crippen MR) is 80.4 cm³/mol. The average molecular weight is 336 g/mol. The molecular formula is C17H17FO6. The number of cyclic esters (lactones) is 1. The smallest absolute Gasteiger partial charge is 0.331 e. The molecule has 1 aromatic carbocycles. The van der Waals surface area contributed by atoms with E-state index in [0.717, 1.165) is 13.0 Å². The Morgan fingerprint density at radius 2 is 1.83 bits per heavy atom. The minimum atomic E-state index is -1.77. The maximum absolute atomic E-state index is 14.9. The fourth-order valence-corrected chi connectivity index (χ4v) is 2.39. The van der Waals surface area contributed by atoms with Gasteiger partial charge < -0.3 is 14.2 Å². The molecule has 0 aromatic heterocycles. The molecule has 128 valence electrons. The third-order valence-electron chi connectivity index (χ3n) is 3.33. The lowest BCUT2D eigenvalue weighted by atomic mass is 9.96. The van der Waals surface area contributed by atoms with E-state index in [-0.39, 0.29) is 5.56 Å². The molecule has 1 aliphatic heterocycles. The van der Waals surface area contributed by atoms with Gasteiger partial charge in [-0.25, -0.2) is 9.18 Å². The quantitative estimate of drug-likeness (QED) is 0.605. The van der Waals surface area contributed by atoms with Gasteiger partial charge in [-0.3, -0.25) is 9.59 Å². The van der Waals surface area contributed by atoms with Crippen LogP contribution in [0.25, 0.3) is 0 Å². The number of carbonyl (C=O) groups is 3. The van der Waals surface area contributed by atoms with Crippen molar-refractivity contribution in [1.29, 1.82) is 0 Å². The third kappa shape index (κ3) is 4.41. The van der Waals surface area contributed by atoms with Crippen molar-refractivity contribution in [3.8, 4) is 0 Å². The summed E-state index contributed by atoms with van der Waals surface area (Å²) in [6, 6.07) is 8.00. The zero-order valence-electron chi connectivity index (χ0n) is 13.2. The Hall–Kier alpha value is -2.70. The number of alkyl halides is 1. The molecule has 2 rings (SSSR count). The second-order valence-corrected chi connectivity index (χ2v) is 5.22. The molecule has 1 aliphatic rings. The van der Waals surface area contributed by atoms with Crippen molar-refractivity contribution in [2.45, 2.75) is 38.3 Å². The van der Waals surface area contributed by atoms with Gasteiger partial charge in [-0.05, 0) is 11.6 Å². The molecule has 1 aromatic rings. The van der Waals surface area contributed by atoms with Gasteiger partial charge in [0.05, 0.1) is 0 Å². The van der Waals surface area contributed by atoms with Gasteiger partial charge in [0, 0.05) is 19.9 Å². The number of esters is 3. The van der Waals surface area contributed by atoms with Crippen LogP contribution in [0.15, 0.2) is 42.5 Å². The summed E-state index contributed by atoms with van der Waals surface area (Å²) in [5.74, 6) is -2.11. The molecule has 0 amide bonds. The Kier molecular flexibility index (Phi) is 5.68. The second kappa shape index (κ2) is 7.72. The lowest BCUT2D eigenvalue weighted by Crippen LogP contribution is -2.48. The van der Waals surface area contributed by atoms with Crippen LogP contribution in [0.4, 0.5) is 4.39 Å². The Balaban J connectivity index is 2.33. The molecule has 0 N–H and O–H groups in total. The molecule has 4 atom stereocenters. The number of carbonyl (C=O) groups excluding carboxylic acids is 3. The van der Waals surface area contributed by atoms with Crippen LogP contribution in [-0.2, 0) is 28.6 Å². The van der Waals surface area contributed by atoms with Gasteiger partial charge in [0.1, 0.15) is 0 Å². The summed E-state index contributed by atoms with van der Waals surface area (Å²) in [7, 11) is 0. The van der Waals surface area contributed by atoms with Crippen molar-refractivity contribution in [2.24, 2.45) is 0 Å². The van der Waals surface area contributed by atoms with Gasteiger partial charge >= 0.3 is 17.9 Å². The summed E-state index contributed by atoms with van der Waals surface area (Å²) in [5.41, 5.74) is 0.246. The van der Waals surface area contributed by atoms with Gasteiger partial charge in [-0.2, -0.15) is 0 Å². The standard InChI is InChI=1S/C17H17FO6/c1-10(19)22-13-8-9-14(21)24-16(13)17(23-11(2)20)15(18)12-6-4-3-5-7-12/h3-9,13,15-17H,1-2H3/t13-,15+,16+,17-/m0/s1. The first-order valence-corrected chi connectivity index (χ1v) is 7.30. The number of hydrogen-bond acceptors (Lipinski definition) is 6. The summed E-state index contributed by atoms with van der Waals surface area (Å²) in [6.45, 7) is 2.29. The van der Waals surface area contributed by atoms with Crippen LogP contribution in [0.5, 0.6) is 0 Å². The highest BCUT2D eigenvalue weighted by atomic mass is 19.1. The Morgan fingerprint density at radius 1 is 1.17 bits per heavy atom. The Morgan fingerprint density at radius 3 is 2.42 bits per heavy atom. The molecule has 0 saturated heterocycles. The molecule has 0 unspecified atom stereocenters. The molecule has 0 aliphatic carbocycles. The number of rotatable bonds is 5. The number of benzene rings is 1. The SMILES string of the molecule is CC(=O)O[C@H]([C@@H]1OC(=O)C=C[C@@H]1OC(C)=O)[C@H](F)c1ccccc1. The molecule has 0 radical (unpaired) electrons. The molecule has 0 saturated carbocycles. The van der Waals surface area contributed by atoms with Crippen LogP contribution in [0.2, 0.25) is 0 Å². The molecule has 0 fully saturated rings. The van der Waals surface area contributed by atoms with Crippen LogP contribution in [0.3, 0.4) is 0 Å². The molecular weight excluding hydrogens is 319 g/mol. The van der Waals surface area contributed by atoms with Gasteiger partial charge in [0.25, 0.3) is 0 Å². The minimum Gasteiger partial charge on any atom is -0.455 e. The molecule has 0 spiro atoms. The van der Waals surface area contributed by atoms with Crippen LogP contribution in [-0.4, -0.2) is 36.2 Å². The minimum absolute atomic E-state index is 0.246. The average Bonchev–Trinajstić information content (AvgIpc) is 2.54. The maximum Gasteiger partial charge on any atom is 0.331 e. The topological polar surface area (TPSA) is 78.9 Å². The first-order valence-electron chi connectivity index (χ1n) is 7.30. The van der Waals surface area contributed by atoms with Crippen LogP contribution >= 0.6 is 0 Å². The van der Waals surface area contributed by atoms with E-state index in [0.29, 0.717) is 0 Å². The monoisotopic (exact) mass is 336 g/mol. The van der Waals surface area contributed by atoms with Crippen molar-refractivity contribution in [2.75, 3.05) is 0 Å². The number of halogens is 1. The van der Waals surface area contributed by atoms with Crippen LogP contribution < -0.4 is 0 Å². The predicted octanol–water partition coefficient (Wildman–Crippen LogP) is 2.04. The van der Waals surface area contributed by atoms with Gasteiger partial charge in [-0.1, -0.05) is 30.3 Å². The lowest BCUT2D eigenvalue weighted by molar-refractivity contribution is -0.185. The summed E-state index contributed by atoms with van der Waals surface area (Å²) < 4.78 is 30.1. The number of hydrogen-bond donors (Lipinski definition) is 0. The Bertz CT molecular complexity index is 642. The highest BCUT2D eigenvalue weighted by Gasteiger charge is 2.43. The molecule has 7 heteroatoms. The molecule has 24 heavy (non-hydrogen) atoms. The van der Waals surface area contributed by atoms with E-state index in [1.165, 1.54) is 25.1 Å². The summed E-state index contributed by atoms with van der Waals surface area (Å²) in [4.78, 5) is 34.2. The molecule has 0 bridgehead atoms. The van der Waals surface area contributed by atoms with Crippen molar-refractivity contribution in [3.05, 3.63) is 48.0 Å². The van der Waals surface area contributed by atoms with Gasteiger partial charge in [0.15, 0.2) is 24.5 Å². The lowest BCUT2D eigenvalue weighted by Gasteiger charge is -2.34. The fourth-order valence-electron chi connectivity index (χ4n) is 2.39. The zero-order chi connectivity index (χ0) is 17.7. The molecule has 6 nitrogen and oxygen atoms in total. The first-order chi connectivity index (χ1) is 11.4. The zero-order valence-corrected chi connectivity index (χ0v) is 13.2. The Labute approximate surface area is 138 Å². The van der Waals surface area contributed by atoms with E-state index in [1.807, 2.05) is 0 Å². The van der Waals surface area contributed by atoms with E-state index in [2.05, 4.69) is 0 Å². The largest absolute Gasteiger partial charge is 0.455 e. The van der Waals surface area contributed by atoms with E-state index >= 15 is 0 Å². The van der Waals surface area contributed by atoms with E-state index in [9.17, 15) is 18.8 Å². The highest BCUT2D eigenvalue weighted by Crippen LogP contribution is 2.31. The van der Waals surface area contributed by atoms with Gasteiger partial charge in [0.2, 0.25) is 0 Å².